The van der Waals surface area contributed by atoms with Crippen LogP contribution in [0.3, 0.4) is 0 Å². The molecule has 1 rings (SSSR count). The van der Waals surface area contributed by atoms with Gasteiger partial charge in [0, 0.05) is 4.90 Å². The van der Waals surface area contributed by atoms with Gasteiger partial charge < -0.3 is 5.11 Å². The van der Waals surface area contributed by atoms with E-state index in [-0.39, 0.29) is 5.82 Å². The molecule has 4 heteroatoms. The highest BCUT2D eigenvalue weighted by Crippen LogP contribution is 2.20. The Morgan fingerprint density at radius 3 is 2.75 bits per heavy atom. The standard InChI is InChI=1S/C8H7FO2S/c1-5-4-6(12-8(10)11)2-3-7(5)9/h2-4H,1H3,(H,10,11). The Balaban J connectivity index is 2.89. The summed E-state index contributed by atoms with van der Waals surface area (Å²) < 4.78 is 12.7. The van der Waals surface area contributed by atoms with Crippen molar-refractivity contribution in [2.75, 3.05) is 0 Å². The normalized spacial score (nSPS) is 9.83. The molecule has 0 saturated heterocycles. The molecule has 64 valence electrons. The van der Waals surface area contributed by atoms with Gasteiger partial charge >= 0.3 is 5.30 Å². The molecule has 0 amide bonds. The van der Waals surface area contributed by atoms with E-state index >= 15 is 0 Å². The van der Waals surface area contributed by atoms with Crippen molar-refractivity contribution in [3.8, 4) is 0 Å². The van der Waals surface area contributed by atoms with E-state index in [0.29, 0.717) is 22.2 Å². The van der Waals surface area contributed by atoms with E-state index in [1.54, 1.807) is 6.92 Å². The average Bonchev–Trinajstić information content (AvgIpc) is 1.96. The van der Waals surface area contributed by atoms with Crippen molar-refractivity contribution in [1.29, 1.82) is 0 Å². The fraction of sp³-hybridized carbons (Fsp3) is 0.125. The maximum atomic E-state index is 12.7. The lowest BCUT2D eigenvalue weighted by Gasteiger charge is -1.98. The Kier molecular flexibility index (Phi) is 2.70. The summed E-state index contributed by atoms with van der Waals surface area (Å²) in [7, 11) is 0. The van der Waals surface area contributed by atoms with Crippen molar-refractivity contribution in [3.63, 3.8) is 0 Å². The molecule has 0 fully saturated rings. The van der Waals surface area contributed by atoms with Crippen LogP contribution < -0.4 is 0 Å². The summed E-state index contributed by atoms with van der Waals surface area (Å²) in [5, 5.41) is 7.41. The lowest BCUT2D eigenvalue weighted by molar-refractivity contribution is 0.222. The molecule has 0 radical (unpaired) electrons. The largest absolute Gasteiger partial charge is 0.473 e. The third-order valence-corrected chi connectivity index (χ3v) is 2.00. The first-order valence-electron chi connectivity index (χ1n) is 3.26. The number of hydrogen-bond donors (Lipinski definition) is 1. The first-order chi connectivity index (χ1) is 5.59. The second-order valence-corrected chi connectivity index (χ2v) is 3.30. The van der Waals surface area contributed by atoms with Crippen molar-refractivity contribution in [2.24, 2.45) is 0 Å². The van der Waals surface area contributed by atoms with Gasteiger partial charge in [-0.2, -0.15) is 0 Å². The van der Waals surface area contributed by atoms with Crippen molar-refractivity contribution in [3.05, 3.63) is 29.6 Å². The van der Waals surface area contributed by atoms with E-state index in [1.807, 2.05) is 0 Å². The minimum absolute atomic E-state index is 0.315. The van der Waals surface area contributed by atoms with Gasteiger partial charge in [0.1, 0.15) is 5.82 Å². The van der Waals surface area contributed by atoms with Crippen LogP contribution in [-0.2, 0) is 0 Å². The Labute approximate surface area is 73.4 Å². The van der Waals surface area contributed by atoms with Crippen LogP contribution in [0.25, 0.3) is 0 Å². The van der Waals surface area contributed by atoms with Gasteiger partial charge in [0.2, 0.25) is 0 Å². The van der Waals surface area contributed by atoms with E-state index in [1.165, 1.54) is 18.2 Å². The van der Waals surface area contributed by atoms with Gasteiger partial charge in [-0.3, -0.25) is 0 Å². The first-order valence-corrected chi connectivity index (χ1v) is 4.08. The zero-order valence-electron chi connectivity index (χ0n) is 6.37. The molecule has 2 nitrogen and oxygen atoms in total. The van der Waals surface area contributed by atoms with E-state index in [4.69, 9.17) is 5.11 Å². The number of thioether (sulfide) groups is 1. The summed E-state index contributed by atoms with van der Waals surface area (Å²) in [6.45, 7) is 1.60. The van der Waals surface area contributed by atoms with Gasteiger partial charge in [0.05, 0.1) is 0 Å². The predicted molar refractivity (Wildman–Crippen MR) is 45.0 cm³/mol. The summed E-state index contributed by atoms with van der Waals surface area (Å²) in [5.74, 6) is -0.315. The van der Waals surface area contributed by atoms with Gasteiger partial charge in [0.25, 0.3) is 0 Å². The van der Waals surface area contributed by atoms with Crippen LogP contribution in [0.4, 0.5) is 9.18 Å². The Hall–Kier alpha value is -1.03. The minimum Gasteiger partial charge on any atom is -0.473 e. The maximum absolute atomic E-state index is 12.7. The second kappa shape index (κ2) is 3.58. The molecule has 1 aromatic carbocycles. The van der Waals surface area contributed by atoms with Crippen LogP contribution >= 0.6 is 11.8 Å². The van der Waals surface area contributed by atoms with Crippen LogP contribution in [0.15, 0.2) is 23.1 Å². The zero-order chi connectivity index (χ0) is 9.14. The molecule has 12 heavy (non-hydrogen) atoms. The maximum Gasteiger partial charge on any atom is 0.369 e. The smallest absolute Gasteiger partial charge is 0.369 e. The van der Waals surface area contributed by atoms with Crippen molar-refractivity contribution < 1.29 is 14.3 Å². The summed E-state index contributed by atoms with van der Waals surface area (Å²) >= 11 is 0.671. The number of carbonyl (C=O) groups is 1. The molecule has 0 spiro atoms. The van der Waals surface area contributed by atoms with E-state index < -0.39 is 5.30 Å². The Morgan fingerprint density at radius 2 is 2.25 bits per heavy atom. The number of benzene rings is 1. The van der Waals surface area contributed by atoms with Crippen LogP contribution in [-0.4, -0.2) is 10.4 Å². The monoisotopic (exact) mass is 186 g/mol. The molecule has 0 bridgehead atoms. The molecule has 0 aliphatic carbocycles. The molecule has 0 heterocycles. The minimum atomic E-state index is -0.985. The Morgan fingerprint density at radius 1 is 1.58 bits per heavy atom. The zero-order valence-corrected chi connectivity index (χ0v) is 7.19. The fourth-order valence-corrected chi connectivity index (χ4v) is 1.35. The highest BCUT2D eigenvalue weighted by atomic mass is 32.2. The molecule has 1 aromatic rings. The van der Waals surface area contributed by atoms with Gasteiger partial charge in [-0.15, -0.1) is 0 Å². The van der Waals surface area contributed by atoms with Crippen LogP contribution in [0.1, 0.15) is 5.56 Å². The molecule has 0 aromatic heterocycles. The van der Waals surface area contributed by atoms with Crippen molar-refractivity contribution in [2.45, 2.75) is 11.8 Å². The third kappa shape index (κ3) is 2.23. The number of hydrogen-bond acceptors (Lipinski definition) is 2. The number of aryl methyl sites for hydroxylation is 1. The SMILES string of the molecule is Cc1cc(SC(=O)O)ccc1F. The number of carboxylic acid groups (broad SMARTS) is 1. The highest BCUT2D eigenvalue weighted by Gasteiger charge is 2.03. The Bertz CT molecular complexity index is 312. The molecule has 0 saturated carbocycles. The van der Waals surface area contributed by atoms with Crippen molar-refractivity contribution in [1.82, 2.24) is 0 Å². The van der Waals surface area contributed by atoms with E-state index in [9.17, 15) is 9.18 Å². The first kappa shape index (κ1) is 9.06. The lowest BCUT2D eigenvalue weighted by atomic mass is 10.2. The van der Waals surface area contributed by atoms with Gasteiger partial charge in [-0.1, -0.05) is 0 Å². The van der Waals surface area contributed by atoms with Crippen LogP contribution in [0, 0.1) is 12.7 Å². The predicted octanol–water partition coefficient (Wildman–Crippen LogP) is 2.90. The van der Waals surface area contributed by atoms with Crippen LogP contribution in [0.2, 0.25) is 0 Å². The summed E-state index contributed by atoms with van der Waals surface area (Å²) in [6.07, 6.45) is 0. The van der Waals surface area contributed by atoms with Crippen LogP contribution in [0.5, 0.6) is 0 Å². The molecule has 0 atom stereocenters. The quantitative estimate of drug-likeness (QED) is 0.685. The topological polar surface area (TPSA) is 37.3 Å². The molecular weight excluding hydrogens is 179 g/mol. The van der Waals surface area contributed by atoms with E-state index in [2.05, 4.69) is 0 Å². The molecule has 0 aliphatic heterocycles. The molecular formula is C8H7FO2S. The lowest BCUT2D eigenvalue weighted by Crippen LogP contribution is -1.86. The summed E-state index contributed by atoms with van der Waals surface area (Å²) in [6, 6.07) is 4.22. The summed E-state index contributed by atoms with van der Waals surface area (Å²) in [5.41, 5.74) is 0.459. The van der Waals surface area contributed by atoms with Gasteiger partial charge in [0.15, 0.2) is 0 Å². The molecule has 0 unspecified atom stereocenters. The molecule has 0 aliphatic rings. The second-order valence-electron chi connectivity index (χ2n) is 2.28. The van der Waals surface area contributed by atoms with Gasteiger partial charge in [-0.25, -0.2) is 9.18 Å². The van der Waals surface area contributed by atoms with Gasteiger partial charge in [-0.05, 0) is 42.4 Å². The third-order valence-electron chi connectivity index (χ3n) is 1.33. The van der Waals surface area contributed by atoms with E-state index in [0.717, 1.165) is 0 Å². The highest BCUT2D eigenvalue weighted by molar-refractivity contribution is 8.13. The average molecular weight is 186 g/mol. The molecule has 1 N–H and O–H groups in total. The summed E-state index contributed by atoms with van der Waals surface area (Å²) in [4.78, 5) is 10.8. The van der Waals surface area contributed by atoms with Crippen molar-refractivity contribution >= 4 is 17.1 Å². The number of halogens is 1. The number of rotatable bonds is 1. The fourth-order valence-electron chi connectivity index (χ4n) is 0.781.